The van der Waals surface area contributed by atoms with E-state index < -0.39 is 0 Å². The molecule has 2 unspecified atom stereocenters. The van der Waals surface area contributed by atoms with E-state index in [1.807, 2.05) is 36.2 Å². The molecule has 0 aliphatic carbocycles. The van der Waals surface area contributed by atoms with Crippen LogP contribution in [-0.2, 0) is 7.05 Å². The topological polar surface area (TPSA) is 64.2 Å². The number of carbonyl (C=O) groups is 1. The summed E-state index contributed by atoms with van der Waals surface area (Å²) in [5, 5.41) is 5.27. The zero-order valence-corrected chi connectivity index (χ0v) is 12.4. The molecule has 1 aromatic carbocycles. The summed E-state index contributed by atoms with van der Waals surface area (Å²) in [6, 6.07) is 7.86. The lowest BCUT2D eigenvalue weighted by Gasteiger charge is -2.14. The van der Waals surface area contributed by atoms with E-state index in [-0.39, 0.29) is 24.4 Å². The minimum absolute atomic E-state index is 0. The number of nitrogens with zero attached hydrogens (tertiary/aromatic N) is 3. The molecule has 1 fully saturated rings. The molecule has 3 rings (SSSR count). The number of hydrogen-bond donors (Lipinski definition) is 1. The number of aromatic nitrogens is 2. The number of fused-ring (bicyclic) bond motifs is 1. The van der Waals surface area contributed by atoms with Gasteiger partial charge >= 0.3 is 0 Å². The van der Waals surface area contributed by atoms with Crippen molar-refractivity contribution in [2.24, 2.45) is 18.7 Å². The lowest BCUT2D eigenvalue weighted by atomic mass is 10.1. The Bertz CT molecular complexity index is 629. The summed E-state index contributed by atoms with van der Waals surface area (Å²) in [5.41, 5.74) is 7.48. The molecular weight excluding hydrogens is 276 g/mol. The molecule has 1 saturated heterocycles. The van der Waals surface area contributed by atoms with Gasteiger partial charge < -0.3 is 10.6 Å². The first-order chi connectivity index (χ1) is 9.08. The number of aryl methyl sites for hydroxylation is 1. The van der Waals surface area contributed by atoms with E-state index >= 15 is 0 Å². The highest BCUT2D eigenvalue weighted by Crippen LogP contribution is 2.22. The Labute approximate surface area is 124 Å². The number of hydrogen-bond acceptors (Lipinski definition) is 3. The van der Waals surface area contributed by atoms with Crippen molar-refractivity contribution < 1.29 is 4.79 Å². The van der Waals surface area contributed by atoms with Gasteiger partial charge in [0.15, 0.2) is 5.69 Å². The summed E-state index contributed by atoms with van der Waals surface area (Å²) in [6.07, 6.45) is 0. The molecule has 2 heterocycles. The van der Waals surface area contributed by atoms with Crippen LogP contribution in [0.3, 0.4) is 0 Å². The second kappa shape index (κ2) is 5.42. The standard InChI is InChI=1S/C14H18N4O.ClH/c1-9-7-18(8-11(9)15)14(19)13-10-5-3-4-6-12(10)17(2)16-13;/h3-6,9,11H,7-8,15H2,1-2H3;1H. The summed E-state index contributed by atoms with van der Waals surface area (Å²) in [7, 11) is 1.86. The maximum Gasteiger partial charge on any atom is 0.275 e. The molecule has 1 aliphatic heterocycles. The van der Waals surface area contributed by atoms with Crippen LogP contribution in [0.15, 0.2) is 24.3 Å². The highest BCUT2D eigenvalue weighted by atomic mass is 35.5. The fourth-order valence-corrected chi connectivity index (χ4v) is 2.68. The van der Waals surface area contributed by atoms with E-state index in [1.165, 1.54) is 0 Å². The van der Waals surface area contributed by atoms with Gasteiger partial charge in [-0.15, -0.1) is 12.4 Å². The van der Waals surface area contributed by atoms with E-state index in [0.717, 1.165) is 10.9 Å². The Morgan fingerprint density at radius 1 is 1.35 bits per heavy atom. The Kier molecular flexibility index (Phi) is 4.01. The van der Waals surface area contributed by atoms with Crippen molar-refractivity contribution in [1.82, 2.24) is 14.7 Å². The van der Waals surface area contributed by atoms with E-state index in [1.54, 1.807) is 4.68 Å². The summed E-state index contributed by atoms with van der Waals surface area (Å²) >= 11 is 0. The van der Waals surface area contributed by atoms with Crippen LogP contribution in [0.5, 0.6) is 0 Å². The van der Waals surface area contributed by atoms with Crippen molar-refractivity contribution in [3.05, 3.63) is 30.0 Å². The molecule has 2 atom stereocenters. The van der Waals surface area contributed by atoms with Crippen LogP contribution in [0.4, 0.5) is 0 Å². The smallest absolute Gasteiger partial charge is 0.275 e. The SMILES string of the molecule is CC1CN(C(=O)c2nn(C)c3ccccc23)CC1N.Cl. The van der Waals surface area contributed by atoms with Crippen LogP contribution < -0.4 is 5.73 Å². The molecule has 2 N–H and O–H groups in total. The van der Waals surface area contributed by atoms with Gasteiger partial charge in [0.05, 0.1) is 5.52 Å². The first kappa shape index (κ1) is 14.8. The highest BCUT2D eigenvalue weighted by molar-refractivity contribution is 6.04. The molecule has 0 bridgehead atoms. The Morgan fingerprint density at radius 2 is 2.05 bits per heavy atom. The third-order valence-electron chi connectivity index (χ3n) is 3.92. The molecule has 2 aromatic rings. The molecule has 1 aromatic heterocycles. The minimum atomic E-state index is -0.0170. The molecule has 0 radical (unpaired) electrons. The van der Waals surface area contributed by atoms with Crippen molar-refractivity contribution >= 4 is 29.2 Å². The van der Waals surface area contributed by atoms with Crippen molar-refractivity contribution in [1.29, 1.82) is 0 Å². The Balaban J connectivity index is 0.00000147. The molecule has 6 heteroatoms. The number of para-hydroxylation sites is 1. The number of amides is 1. The van der Waals surface area contributed by atoms with Gasteiger partial charge in [-0.3, -0.25) is 9.48 Å². The largest absolute Gasteiger partial charge is 0.335 e. The second-order valence-corrected chi connectivity index (χ2v) is 5.34. The van der Waals surface area contributed by atoms with Crippen LogP contribution in [0, 0.1) is 5.92 Å². The van der Waals surface area contributed by atoms with Gasteiger partial charge in [0.25, 0.3) is 5.91 Å². The number of nitrogens with two attached hydrogens (primary N) is 1. The van der Waals surface area contributed by atoms with E-state index in [9.17, 15) is 4.79 Å². The fourth-order valence-electron chi connectivity index (χ4n) is 2.68. The third kappa shape index (κ3) is 2.27. The van der Waals surface area contributed by atoms with Crippen molar-refractivity contribution in [2.45, 2.75) is 13.0 Å². The average Bonchev–Trinajstić information content (AvgIpc) is 2.91. The lowest BCUT2D eigenvalue weighted by Crippen LogP contribution is -2.32. The molecule has 1 amide bonds. The van der Waals surface area contributed by atoms with Crippen LogP contribution in [0.2, 0.25) is 0 Å². The van der Waals surface area contributed by atoms with Crippen molar-refractivity contribution in [3.63, 3.8) is 0 Å². The molecule has 0 saturated carbocycles. The van der Waals surface area contributed by atoms with Gasteiger partial charge in [-0.25, -0.2) is 0 Å². The predicted molar refractivity (Wildman–Crippen MR) is 81.0 cm³/mol. The maximum absolute atomic E-state index is 12.6. The summed E-state index contributed by atoms with van der Waals surface area (Å²) < 4.78 is 1.75. The monoisotopic (exact) mass is 294 g/mol. The lowest BCUT2D eigenvalue weighted by molar-refractivity contribution is 0.0782. The van der Waals surface area contributed by atoms with E-state index in [0.29, 0.717) is 24.7 Å². The number of rotatable bonds is 1. The van der Waals surface area contributed by atoms with Gasteiger partial charge in [0, 0.05) is 31.6 Å². The van der Waals surface area contributed by atoms with Crippen LogP contribution in [0.25, 0.3) is 10.9 Å². The second-order valence-electron chi connectivity index (χ2n) is 5.34. The van der Waals surface area contributed by atoms with Crippen molar-refractivity contribution in [3.8, 4) is 0 Å². The zero-order valence-electron chi connectivity index (χ0n) is 11.6. The first-order valence-electron chi connectivity index (χ1n) is 6.54. The maximum atomic E-state index is 12.6. The molecule has 20 heavy (non-hydrogen) atoms. The zero-order chi connectivity index (χ0) is 13.6. The van der Waals surface area contributed by atoms with E-state index in [2.05, 4.69) is 12.0 Å². The Morgan fingerprint density at radius 3 is 2.70 bits per heavy atom. The molecule has 108 valence electrons. The molecule has 5 nitrogen and oxygen atoms in total. The Hall–Kier alpha value is -1.59. The van der Waals surface area contributed by atoms with Crippen LogP contribution >= 0.6 is 12.4 Å². The van der Waals surface area contributed by atoms with Gasteiger partial charge in [-0.05, 0) is 12.0 Å². The summed E-state index contributed by atoms with van der Waals surface area (Å²) in [5.74, 6) is 0.329. The van der Waals surface area contributed by atoms with Gasteiger partial charge in [-0.2, -0.15) is 5.10 Å². The molecule has 0 spiro atoms. The van der Waals surface area contributed by atoms with Crippen LogP contribution in [0.1, 0.15) is 17.4 Å². The minimum Gasteiger partial charge on any atom is -0.335 e. The van der Waals surface area contributed by atoms with Gasteiger partial charge in [-0.1, -0.05) is 25.1 Å². The number of benzene rings is 1. The predicted octanol–water partition coefficient (Wildman–Crippen LogP) is 1.41. The van der Waals surface area contributed by atoms with Gasteiger partial charge in [0.1, 0.15) is 0 Å². The quantitative estimate of drug-likeness (QED) is 0.865. The normalized spacial score (nSPS) is 22.1. The number of halogens is 1. The third-order valence-corrected chi connectivity index (χ3v) is 3.92. The summed E-state index contributed by atoms with van der Waals surface area (Å²) in [4.78, 5) is 14.4. The number of likely N-dealkylation sites (tertiary alicyclic amines) is 1. The van der Waals surface area contributed by atoms with Crippen molar-refractivity contribution in [2.75, 3.05) is 13.1 Å². The summed E-state index contributed by atoms with van der Waals surface area (Å²) in [6.45, 7) is 3.41. The van der Waals surface area contributed by atoms with Crippen LogP contribution in [-0.4, -0.2) is 39.7 Å². The molecular formula is C14H19ClN4O. The highest BCUT2D eigenvalue weighted by Gasteiger charge is 2.32. The molecule has 1 aliphatic rings. The average molecular weight is 295 g/mol. The number of carbonyl (C=O) groups excluding carboxylic acids is 1. The fraction of sp³-hybridized carbons (Fsp3) is 0.429. The van der Waals surface area contributed by atoms with E-state index in [4.69, 9.17) is 5.73 Å². The first-order valence-corrected chi connectivity index (χ1v) is 6.54. The van der Waals surface area contributed by atoms with Gasteiger partial charge in [0.2, 0.25) is 0 Å².